The van der Waals surface area contributed by atoms with Gasteiger partial charge in [-0.15, -0.1) is 0 Å². The predicted octanol–water partition coefficient (Wildman–Crippen LogP) is 5.25. The van der Waals surface area contributed by atoms with Gasteiger partial charge in [-0.25, -0.2) is 4.98 Å². The summed E-state index contributed by atoms with van der Waals surface area (Å²) in [5.74, 6) is 0.338. The van der Waals surface area contributed by atoms with Gasteiger partial charge in [-0.2, -0.15) is 4.98 Å². The first-order chi connectivity index (χ1) is 17.3. The number of anilines is 3. The second-order valence-electron chi connectivity index (χ2n) is 8.83. The first-order valence-corrected chi connectivity index (χ1v) is 12.7. The van der Waals surface area contributed by atoms with Crippen molar-refractivity contribution >= 4 is 63.2 Å². The van der Waals surface area contributed by atoms with Gasteiger partial charge in [-0.3, -0.25) is 9.36 Å². The van der Waals surface area contributed by atoms with Gasteiger partial charge in [0.1, 0.15) is 11.7 Å². The molecule has 0 bridgehead atoms. The second-order valence-corrected chi connectivity index (χ2v) is 11.2. The van der Waals surface area contributed by atoms with Crippen molar-refractivity contribution in [2.24, 2.45) is 0 Å². The quantitative estimate of drug-likeness (QED) is 0.347. The van der Waals surface area contributed by atoms with Gasteiger partial charge in [0.2, 0.25) is 9.74 Å². The number of aromatic nitrogens is 3. The van der Waals surface area contributed by atoms with Crippen molar-refractivity contribution < 1.29 is 0 Å². The van der Waals surface area contributed by atoms with Crippen LogP contribution in [0.4, 0.5) is 17.3 Å². The van der Waals surface area contributed by atoms with Crippen LogP contribution in [0.1, 0.15) is 11.6 Å². The Labute approximate surface area is 224 Å². The average molecular weight is 544 g/mol. The van der Waals surface area contributed by atoms with Crippen molar-refractivity contribution in [3.8, 4) is 0 Å². The van der Waals surface area contributed by atoms with Gasteiger partial charge < -0.3 is 15.1 Å². The predicted molar refractivity (Wildman–Crippen MR) is 148 cm³/mol. The summed E-state index contributed by atoms with van der Waals surface area (Å²) >= 11 is 19.2. The largest absolute Gasteiger partial charge is 0.369 e. The van der Waals surface area contributed by atoms with Crippen LogP contribution in [-0.4, -0.2) is 56.5 Å². The molecule has 1 N–H and O–H groups in total. The van der Waals surface area contributed by atoms with E-state index >= 15 is 0 Å². The van der Waals surface area contributed by atoms with Crippen molar-refractivity contribution in [3.63, 3.8) is 0 Å². The van der Waals surface area contributed by atoms with Crippen LogP contribution in [0.25, 0.3) is 11.0 Å². The number of alkyl halides is 3. The molecule has 1 aliphatic heterocycles. The van der Waals surface area contributed by atoms with E-state index in [0.29, 0.717) is 22.5 Å². The van der Waals surface area contributed by atoms with Crippen molar-refractivity contribution in [1.29, 1.82) is 0 Å². The number of halogens is 3. The first-order valence-electron chi connectivity index (χ1n) is 11.6. The van der Waals surface area contributed by atoms with E-state index in [1.807, 2.05) is 42.5 Å². The van der Waals surface area contributed by atoms with Crippen LogP contribution < -0.4 is 15.8 Å². The Balaban J connectivity index is 1.48. The van der Waals surface area contributed by atoms with E-state index in [2.05, 4.69) is 44.3 Å². The molecule has 1 unspecified atom stereocenters. The minimum Gasteiger partial charge on any atom is -0.369 e. The Kier molecular flexibility index (Phi) is 7.08. The summed E-state index contributed by atoms with van der Waals surface area (Å²) in [5, 5.41) is 3.89. The summed E-state index contributed by atoms with van der Waals surface area (Å²) in [6.07, 6.45) is 1.65. The number of nitrogens with zero attached hydrogens (tertiary/aromatic N) is 5. The van der Waals surface area contributed by atoms with Gasteiger partial charge in [0, 0.05) is 55.2 Å². The zero-order valence-electron chi connectivity index (χ0n) is 19.6. The maximum absolute atomic E-state index is 13.1. The number of piperazine rings is 1. The average Bonchev–Trinajstić information content (AvgIpc) is 2.87. The Morgan fingerprint density at radius 2 is 1.61 bits per heavy atom. The third-order valence-electron chi connectivity index (χ3n) is 6.34. The van der Waals surface area contributed by atoms with Crippen LogP contribution in [-0.2, 0) is 0 Å². The molecular weight excluding hydrogens is 519 g/mol. The fraction of sp³-hybridized carbons (Fsp3) is 0.269. The lowest BCUT2D eigenvalue weighted by Crippen LogP contribution is -2.44. The van der Waals surface area contributed by atoms with E-state index in [0.717, 1.165) is 31.9 Å². The highest BCUT2D eigenvalue weighted by Gasteiger charge is 2.37. The number of fused-ring (bicyclic) bond motifs is 1. The molecule has 2 aromatic heterocycles. The molecule has 1 atom stereocenters. The molecule has 36 heavy (non-hydrogen) atoms. The van der Waals surface area contributed by atoms with E-state index in [4.69, 9.17) is 34.8 Å². The molecule has 5 rings (SSSR count). The SMILES string of the molecule is CN1CCN(c2ccc(Nc3ncc4ccc(=O)n(C(c5ccccc5)C(Cl)(Cl)Cl)c4n3)cc2)CC1. The molecule has 0 radical (unpaired) electrons. The third-order valence-corrected chi connectivity index (χ3v) is 6.96. The zero-order chi connectivity index (χ0) is 25.3. The van der Waals surface area contributed by atoms with Gasteiger partial charge >= 0.3 is 0 Å². The minimum absolute atomic E-state index is 0.330. The summed E-state index contributed by atoms with van der Waals surface area (Å²) in [4.78, 5) is 26.9. The highest BCUT2D eigenvalue weighted by molar-refractivity contribution is 6.68. The monoisotopic (exact) mass is 542 g/mol. The molecule has 0 amide bonds. The summed E-state index contributed by atoms with van der Waals surface area (Å²) in [6, 6.07) is 19.5. The number of likely N-dealkylation sites (N-methyl/N-ethyl adjacent to an activating group) is 1. The van der Waals surface area contributed by atoms with Crippen molar-refractivity contribution in [3.05, 3.63) is 88.8 Å². The van der Waals surface area contributed by atoms with E-state index in [9.17, 15) is 4.79 Å². The van der Waals surface area contributed by atoms with Gasteiger partial charge in [0.25, 0.3) is 5.56 Å². The fourth-order valence-electron chi connectivity index (χ4n) is 4.42. The van der Waals surface area contributed by atoms with Gasteiger partial charge in [-0.05, 0) is 42.9 Å². The number of rotatable bonds is 5. The summed E-state index contributed by atoms with van der Waals surface area (Å²) in [5.41, 5.74) is 2.73. The molecule has 3 heterocycles. The molecule has 1 aliphatic rings. The molecule has 1 saturated heterocycles. The van der Waals surface area contributed by atoms with Gasteiger partial charge in [0.05, 0.1) is 0 Å². The Bertz CT molecular complexity index is 1400. The summed E-state index contributed by atoms with van der Waals surface area (Å²) in [7, 11) is 2.14. The normalized spacial score (nSPS) is 15.7. The van der Waals surface area contributed by atoms with Crippen LogP contribution in [0, 0.1) is 0 Å². The number of benzene rings is 2. The Hall–Kier alpha value is -2.84. The molecule has 10 heteroatoms. The highest BCUT2D eigenvalue weighted by Crippen LogP contribution is 2.42. The standard InChI is InChI=1S/C26H25Cl3N6O/c1-33-13-15-34(16-14-33)21-10-8-20(9-11-21)31-25-30-17-19-7-12-22(36)35(24(19)32-25)23(26(27,28)29)18-5-3-2-4-6-18/h2-12,17,23H,13-16H2,1H3,(H,30,31,32). The summed E-state index contributed by atoms with van der Waals surface area (Å²) in [6.45, 7) is 4.09. The molecule has 0 spiro atoms. The molecule has 186 valence electrons. The minimum atomic E-state index is -1.79. The lowest BCUT2D eigenvalue weighted by molar-refractivity contribution is 0.313. The number of pyridine rings is 1. The van der Waals surface area contributed by atoms with Crippen LogP contribution in [0.5, 0.6) is 0 Å². The number of hydrogen-bond acceptors (Lipinski definition) is 6. The Morgan fingerprint density at radius 3 is 2.28 bits per heavy atom. The van der Waals surface area contributed by atoms with Crippen molar-refractivity contribution in [2.45, 2.75) is 9.83 Å². The molecular formula is C26H25Cl3N6O. The van der Waals surface area contributed by atoms with Gasteiger partial charge in [-0.1, -0.05) is 65.1 Å². The summed E-state index contributed by atoms with van der Waals surface area (Å²) < 4.78 is -0.377. The molecule has 4 aromatic rings. The van der Waals surface area contributed by atoms with Crippen LogP contribution in [0.15, 0.2) is 77.7 Å². The van der Waals surface area contributed by atoms with E-state index < -0.39 is 9.83 Å². The first kappa shape index (κ1) is 24.8. The highest BCUT2D eigenvalue weighted by atomic mass is 35.6. The maximum atomic E-state index is 13.1. The van der Waals surface area contributed by atoms with E-state index in [1.54, 1.807) is 12.3 Å². The van der Waals surface area contributed by atoms with E-state index in [1.165, 1.54) is 16.3 Å². The zero-order valence-corrected chi connectivity index (χ0v) is 21.9. The number of hydrogen-bond donors (Lipinski definition) is 1. The maximum Gasteiger partial charge on any atom is 0.252 e. The fourth-order valence-corrected chi connectivity index (χ4v) is 5.09. The molecule has 7 nitrogen and oxygen atoms in total. The van der Waals surface area contributed by atoms with Crippen LogP contribution in [0.2, 0.25) is 0 Å². The van der Waals surface area contributed by atoms with E-state index in [-0.39, 0.29) is 5.56 Å². The molecule has 2 aromatic carbocycles. The van der Waals surface area contributed by atoms with Crippen LogP contribution in [0.3, 0.4) is 0 Å². The van der Waals surface area contributed by atoms with Crippen molar-refractivity contribution in [1.82, 2.24) is 19.4 Å². The number of nitrogens with one attached hydrogen (secondary N) is 1. The lowest BCUT2D eigenvalue weighted by Gasteiger charge is -2.34. The van der Waals surface area contributed by atoms with Crippen LogP contribution >= 0.6 is 34.8 Å². The molecule has 0 aliphatic carbocycles. The Morgan fingerprint density at radius 1 is 0.917 bits per heavy atom. The smallest absolute Gasteiger partial charge is 0.252 e. The molecule has 1 fully saturated rings. The van der Waals surface area contributed by atoms with Gasteiger partial charge in [0.15, 0.2) is 0 Å². The topological polar surface area (TPSA) is 66.3 Å². The second kappa shape index (κ2) is 10.3. The third kappa shape index (κ3) is 5.30. The lowest BCUT2D eigenvalue weighted by atomic mass is 10.1. The van der Waals surface area contributed by atoms with Crippen molar-refractivity contribution in [2.75, 3.05) is 43.4 Å². The molecule has 0 saturated carbocycles.